The number of benzene rings is 6. The van der Waals surface area contributed by atoms with E-state index in [1.807, 2.05) is 0 Å². The third kappa shape index (κ3) is 15.0. The zero-order valence-corrected chi connectivity index (χ0v) is 68.2. The van der Waals surface area contributed by atoms with Crippen LogP contribution < -0.4 is 10.5 Å². The van der Waals surface area contributed by atoms with Gasteiger partial charge >= 0.3 is 563 Å². The maximum atomic E-state index is 2.51. The summed E-state index contributed by atoms with van der Waals surface area (Å²) in [6.45, 7) is 48.9. The molecule has 0 bridgehead atoms. The van der Waals surface area contributed by atoms with E-state index in [0.29, 0.717) is 94.2 Å². The Balaban J connectivity index is 0.000000128. The van der Waals surface area contributed by atoms with Crippen molar-refractivity contribution in [2.24, 2.45) is 10.8 Å². The Labute approximate surface area is 556 Å². The molecule has 2 aliphatic rings. The normalized spacial score (nSPS) is 14.2. The Kier molecular flexibility index (Phi) is 21.0. The molecule has 7 heterocycles. The van der Waals surface area contributed by atoms with Crippen molar-refractivity contribution >= 4 is 177 Å². The van der Waals surface area contributed by atoms with Crippen molar-refractivity contribution in [2.45, 2.75) is 162 Å². The van der Waals surface area contributed by atoms with Gasteiger partial charge in [0, 0.05) is 0 Å². The minimum atomic E-state index is -1.73. The monoisotopic (exact) mass is 1670 g/mol. The second-order valence-electron chi connectivity index (χ2n) is 28.1. The fraction of sp³-hybridized carbons (Fsp3) is 0.333. The third-order valence-electron chi connectivity index (χ3n) is 16.1. The van der Waals surface area contributed by atoms with Crippen LogP contribution in [-0.2, 0) is 16.2 Å². The van der Waals surface area contributed by atoms with E-state index in [0.717, 1.165) is 0 Å². The van der Waals surface area contributed by atoms with Gasteiger partial charge < -0.3 is 0 Å². The van der Waals surface area contributed by atoms with Gasteiger partial charge in [0.25, 0.3) is 0 Å². The molecule has 0 aliphatic carbocycles. The summed E-state index contributed by atoms with van der Waals surface area (Å²) < 4.78 is 23.7. The molecule has 0 saturated carbocycles. The number of hydrogen-bond donors (Lipinski definition) is 0. The first-order chi connectivity index (χ1) is 39.8. The predicted molar refractivity (Wildman–Crippen MR) is 390 cm³/mol. The maximum absolute atomic E-state index is 2.51. The van der Waals surface area contributed by atoms with Gasteiger partial charge in [0.1, 0.15) is 0 Å². The van der Waals surface area contributed by atoms with Crippen LogP contribution >= 0.6 is 0 Å². The van der Waals surface area contributed by atoms with E-state index in [-0.39, 0.29) is 5.41 Å². The molecule has 0 amide bonds. The molecule has 2 aliphatic heterocycles. The Morgan fingerprint density at radius 1 is 0.376 bits per heavy atom. The Morgan fingerprint density at radius 3 is 1.39 bits per heavy atom. The molecule has 6 aromatic carbocycles. The van der Waals surface area contributed by atoms with Crippen molar-refractivity contribution < 1.29 is 0 Å². The summed E-state index contributed by atoms with van der Waals surface area (Å²) in [7, 11) is 0. The van der Waals surface area contributed by atoms with Gasteiger partial charge in [-0.2, -0.15) is 0 Å². The van der Waals surface area contributed by atoms with Crippen LogP contribution in [0.25, 0.3) is 53.8 Å². The first-order valence-corrected chi connectivity index (χ1v) is 46.7. The molecule has 0 nitrogen and oxygen atoms in total. The van der Waals surface area contributed by atoms with Crippen molar-refractivity contribution in [3.8, 4) is 0 Å². The van der Waals surface area contributed by atoms with Crippen molar-refractivity contribution in [1.29, 1.82) is 0 Å². The summed E-state index contributed by atoms with van der Waals surface area (Å²) in [6, 6.07) is 52.4. The quantitative estimate of drug-likeness (QED) is 0.151. The van der Waals surface area contributed by atoms with Gasteiger partial charge in [-0.05, 0) is 0 Å². The molecule has 0 atom stereocenters. The molecule has 13 rings (SSSR count). The minimum absolute atomic E-state index is 0.230. The van der Waals surface area contributed by atoms with Gasteiger partial charge in [-0.3, -0.25) is 0 Å². The molecular formula is C78H90Sb2Se5. The van der Waals surface area contributed by atoms with Crippen molar-refractivity contribution in [1.82, 2.24) is 0 Å². The van der Waals surface area contributed by atoms with E-state index < -0.39 is 40.4 Å². The SMILES string of the molecule is C[C]1=C(C(C)(C)C)C=[CH][Sb]1[c]1ccccc1.C[C]1=C(C(C)(C)C)c2cccc[c]2[Sb]1[c]1ccccc1.Cc1c(C(C)(C)C)[se]c2cc3[se]ccc3cc12.Cc1c(C(C)(C)C)[se]c2cc3cc[se]c3cc12.Cc1cccc2[se]c(C(C)(C)C)c(C)c12. The van der Waals surface area contributed by atoms with Gasteiger partial charge in [-0.25, -0.2) is 0 Å². The van der Waals surface area contributed by atoms with Crippen LogP contribution in [0.4, 0.5) is 0 Å². The van der Waals surface area contributed by atoms with E-state index in [1.165, 1.54) is 38.2 Å². The predicted octanol–water partition coefficient (Wildman–Crippen LogP) is 18.3. The molecule has 0 unspecified atom stereocenters. The Bertz CT molecular complexity index is 4130. The number of hydrogen-bond acceptors (Lipinski definition) is 0. The first-order valence-electron chi connectivity index (χ1n) is 30.0. The van der Waals surface area contributed by atoms with Crippen LogP contribution in [0.1, 0.15) is 159 Å². The van der Waals surface area contributed by atoms with Gasteiger partial charge in [-0.1, -0.05) is 0 Å². The van der Waals surface area contributed by atoms with E-state index in [2.05, 4.69) is 305 Å². The third-order valence-corrected chi connectivity index (χ3v) is 44.2. The second-order valence-corrected chi connectivity index (χ2v) is 51.8. The Hall–Kier alpha value is -2.53. The van der Waals surface area contributed by atoms with Gasteiger partial charge in [0.05, 0.1) is 0 Å². The number of rotatable bonds is 2. The van der Waals surface area contributed by atoms with Crippen LogP contribution in [0.15, 0.2) is 172 Å². The molecule has 0 fully saturated rings. The fourth-order valence-electron chi connectivity index (χ4n) is 12.4. The first kappa shape index (κ1) is 66.9. The molecule has 442 valence electrons. The summed E-state index contributed by atoms with van der Waals surface area (Å²) >= 11 is -0.410. The van der Waals surface area contributed by atoms with E-state index in [9.17, 15) is 0 Å². The molecular weight excluding hydrogens is 1580 g/mol. The van der Waals surface area contributed by atoms with Crippen LogP contribution in [0.2, 0.25) is 0 Å². The van der Waals surface area contributed by atoms with E-state index in [4.69, 9.17) is 0 Å². The van der Waals surface area contributed by atoms with Gasteiger partial charge in [0.15, 0.2) is 0 Å². The summed E-state index contributed by atoms with van der Waals surface area (Å²) in [6.07, 6.45) is 2.38. The molecule has 7 heteroatoms. The second kappa shape index (κ2) is 26.7. The van der Waals surface area contributed by atoms with Gasteiger partial charge in [-0.15, -0.1) is 0 Å². The van der Waals surface area contributed by atoms with Crippen molar-refractivity contribution in [2.75, 3.05) is 0 Å². The summed E-state index contributed by atoms with van der Waals surface area (Å²) in [5.41, 5.74) is 12.3. The zero-order valence-electron chi connectivity index (χ0n) is 54.5. The van der Waals surface area contributed by atoms with Crippen molar-refractivity contribution in [3.05, 3.63) is 213 Å². The van der Waals surface area contributed by atoms with Crippen molar-refractivity contribution in [3.63, 3.8) is 0 Å². The summed E-state index contributed by atoms with van der Waals surface area (Å²) in [5, 5.41) is 7.54. The number of allylic oxidation sites excluding steroid dienone is 5. The molecule has 85 heavy (non-hydrogen) atoms. The average molecular weight is 1670 g/mol. The zero-order chi connectivity index (χ0) is 61.7. The van der Waals surface area contributed by atoms with Crippen LogP contribution in [-0.4, -0.2) is 113 Å². The van der Waals surface area contributed by atoms with Crippen LogP contribution in [0.3, 0.4) is 0 Å². The standard InChI is InChI=1S/2C15H16Se2.C14H18Se.C13H16.C9H14.2C6H5.2Sb/c1-9-11-8-12-10(5-6-16-12)7-13(11)17-14(9)15(2,3)4;1-9-11-7-10-5-6-16-12(10)8-13(11)17-14(9)15(2,3)4;1-9-7-6-8-11-12(9)10(2)13(15-11)14(3,4)5;1-5-12(13(2,3)4)11-9-7-6-8-10-11;1-6-8(7-2)9(3,4)5;2*1-2-4-6-5-3-1;;/h2*5-8H,1-4H3;6-8H,1-5H3;6-9H,1-4H3;1,6H,2-5H3;2*1-5H;;. The topological polar surface area (TPSA) is 0 Å². The van der Waals surface area contributed by atoms with E-state index in [1.54, 1.807) is 79.8 Å². The molecule has 0 saturated heterocycles. The Morgan fingerprint density at radius 2 is 0.859 bits per heavy atom. The van der Waals surface area contributed by atoms with E-state index >= 15 is 0 Å². The molecule has 5 aromatic heterocycles. The fourth-order valence-corrected chi connectivity index (χ4v) is 38.9. The molecule has 0 radical (unpaired) electrons. The molecule has 0 spiro atoms. The van der Waals surface area contributed by atoms with Gasteiger partial charge in [0.2, 0.25) is 0 Å². The summed E-state index contributed by atoms with van der Waals surface area (Å²) in [4.78, 5) is 4.67. The van der Waals surface area contributed by atoms with Crippen LogP contribution in [0.5, 0.6) is 0 Å². The number of fused-ring (bicyclic) bond motifs is 6. The number of aryl methyl sites for hydroxylation is 4. The molecule has 11 aromatic rings. The molecule has 0 N–H and O–H groups in total. The average Bonchev–Trinajstić information content (AvgIpc) is 4.46. The van der Waals surface area contributed by atoms with Crippen LogP contribution in [0, 0.1) is 38.5 Å². The summed E-state index contributed by atoms with van der Waals surface area (Å²) in [5.74, 6) is 0.